The first-order valence-corrected chi connectivity index (χ1v) is 9.18. The van der Waals surface area contributed by atoms with Crippen molar-refractivity contribution < 1.29 is 4.74 Å². The second-order valence-electron chi connectivity index (χ2n) is 6.65. The molecule has 1 aromatic carbocycles. The van der Waals surface area contributed by atoms with Gasteiger partial charge in [-0.3, -0.25) is 4.90 Å². The third kappa shape index (κ3) is 4.83. The molecule has 2 heterocycles. The normalized spacial score (nSPS) is 16.4. The van der Waals surface area contributed by atoms with Crippen molar-refractivity contribution >= 4 is 17.7 Å². The van der Waals surface area contributed by atoms with Crippen LogP contribution in [0, 0.1) is 12.8 Å². The Balaban J connectivity index is 1.56. The highest BCUT2D eigenvalue weighted by Gasteiger charge is 2.19. The molecule has 0 spiro atoms. The fourth-order valence-electron chi connectivity index (χ4n) is 3.32. The van der Waals surface area contributed by atoms with Crippen molar-refractivity contribution in [3.63, 3.8) is 0 Å². The summed E-state index contributed by atoms with van der Waals surface area (Å²) in [4.78, 5) is 6.71. The highest BCUT2D eigenvalue weighted by atomic mass is 35.5. The first-order chi connectivity index (χ1) is 12.2. The van der Waals surface area contributed by atoms with Gasteiger partial charge in [0, 0.05) is 18.3 Å². The van der Waals surface area contributed by atoms with Crippen LogP contribution in [0.2, 0.25) is 5.02 Å². The van der Waals surface area contributed by atoms with Crippen LogP contribution in [0.3, 0.4) is 0 Å². The number of hydrogen-bond acceptors (Lipinski definition) is 3. The van der Waals surface area contributed by atoms with E-state index in [0.717, 1.165) is 25.2 Å². The van der Waals surface area contributed by atoms with Gasteiger partial charge >= 0.3 is 0 Å². The zero-order valence-corrected chi connectivity index (χ0v) is 15.7. The van der Waals surface area contributed by atoms with Crippen LogP contribution in [-0.2, 0) is 6.54 Å². The van der Waals surface area contributed by atoms with Crippen molar-refractivity contribution in [3.05, 3.63) is 64.3 Å². The molecule has 0 atom stereocenters. The summed E-state index contributed by atoms with van der Waals surface area (Å²) in [6, 6.07) is 10.5. The number of methoxy groups -OCH3 is 1. The topological polar surface area (TPSA) is 25.4 Å². The van der Waals surface area contributed by atoms with Crippen molar-refractivity contribution in [1.29, 1.82) is 0 Å². The Morgan fingerprint density at radius 2 is 2.04 bits per heavy atom. The predicted octanol–water partition coefficient (Wildman–Crippen LogP) is 4.98. The number of nitrogens with zero attached hydrogens (tertiary/aromatic N) is 2. The van der Waals surface area contributed by atoms with Crippen LogP contribution in [0.15, 0.2) is 42.6 Å². The highest BCUT2D eigenvalue weighted by Crippen LogP contribution is 2.25. The monoisotopic (exact) mass is 356 g/mol. The summed E-state index contributed by atoms with van der Waals surface area (Å²) in [6.07, 6.45) is 8.64. The number of pyridine rings is 1. The smallest absolute Gasteiger partial charge is 0.217 e. The molecule has 25 heavy (non-hydrogen) atoms. The lowest BCUT2D eigenvalue weighted by molar-refractivity contribution is 0.193. The van der Waals surface area contributed by atoms with Crippen LogP contribution in [-0.4, -0.2) is 30.1 Å². The average Bonchev–Trinajstić information content (AvgIpc) is 2.62. The van der Waals surface area contributed by atoms with E-state index < -0.39 is 0 Å². The van der Waals surface area contributed by atoms with E-state index in [1.54, 1.807) is 13.3 Å². The van der Waals surface area contributed by atoms with Gasteiger partial charge in [0.2, 0.25) is 5.88 Å². The van der Waals surface area contributed by atoms with Crippen molar-refractivity contribution in [2.75, 3.05) is 20.2 Å². The van der Waals surface area contributed by atoms with E-state index in [9.17, 15) is 0 Å². The minimum atomic E-state index is 0.648. The van der Waals surface area contributed by atoms with E-state index in [2.05, 4.69) is 53.2 Å². The van der Waals surface area contributed by atoms with Crippen molar-refractivity contribution in [2.24, 2.45) is 5.92 Å². The zero-order chi connectivity index (χ0) is 17.6. The average molecular weight is 357 g/mol. The quantitative estimate of drug-likeness (QED) is 0.755. The number of allylic oxidation sites excluding steroid dienone is 1. The van der Waals surface area contributed by atoms with Gasteiger partial charge < -0.3 is 4.74 Å². The molecule has 0 N–H and O–H groups in total. The molecule has 132 valence electrons. The van der Waals surface area contributed by atoms with Gasteiger partial charge in [-0.2, -0.15) is 0 Å². The molecule has 0 radical (unpaired) electrons. The van der Waals surface area contributed by atoms with Crippen LogP contribution in [0.1, 0.15) is 29.5 Å². The van der Waals surface area contributed by atoms with E-state index in [0.29, 0.717) is 16.8 Å². The minimum Gasteiger partial charge on any atom is -0.481 e. The molecule has 1 aliphatic heterocycles. The molecular formula is C21H25ClN2O. The standard InChI is InChI=1S/C21H25ClN2O/c1-16-5-3-4-6-18(16)8-7-17-9-11-24(12-10-17)15-19-13-20(22)14-23-21(19)25-2/h3-8,13-14,17H,9-12,15H2,1-2H3. The third-order valence-electron chi connectivity index (χ3n) is 4.85. The first-order valence-electron chi connectivity index (χ1n) is 8.80. The molecule has 1 aromatic heterocycles. The van der Waals surface area contributed by atoms with Crippen molar-refractivity contribution in [2.45, 2.75) is 26.3 Å². The molecule has 3 nitrogen and oxygen atoms in total. The summed E-state index contributed by atoms with van der Waals surface area (Å²) in [5.74, 6) is 1.32. The maximum Gasteiger partial charge on any atom is 0.217 e. The van der Waals surface area contributed by atoms with Crippen LogP contribution >= 0.6 is 11.6 Å². The summed E-state index contributed by atoms with van der Waals surface area (Å²) >= 11 is 6.08. The van der Waals surface area contributed by atoms with Crippen molar-refractivity contribution in [1.82, 2.24) is 9.88 Å². The van der Waals surface area contributed by atoms with Gasteiger partial charge in [0.15, 0.2) is 0 Å². The van der Waals surface area contributed by atoms with Gasteiger partial charge in [-0.1, -0.05) is 48.0 Å². The Bertz CT molecular complexity index is 736. The number of aryl methyl sites for hydroxylation is 1. The summed E-state index contributed by atoms with van der Waals surface area (Å²) in [6.45, 7) is 5.16. The largest absolute Gasteiger partial charge is 0.481 e. The molecule has 1 aliphatic rings. The fraction of sp³-hybridized carbons (Fsp3) is 0.381. The lowest BCUT2D eigenvalue weighted by Gasteiger charge is -2.30. The Kier molecular flexibility index (Phi) is 6.11. The number of ether oxygens (including phenoxy) is 1. The molecule has 0 saturated carbocycles. The SMILES string of the molecule is COc1ncc(Cl)cc1CN1CCC(C=Cc2ccccc2C)CC1. The molecule has 4 heteroatoms. The van der Waals surface area contributed by atoms with Gasteiger partial charge in [0.25, 0.3) is 0 Å². The molecule has 0 aliphatic carbocycles. The maximum atomic E-state index is 6.08. The minimum absolute atomic E-state index is 0.648. The molecule has 0 unspecified atom stereocenters. The van der Waals surface area contributed by atoms with Gasteiger partial charge in [-0.05, 0) is 56.0 Å². The predicted molar refractivity (Wildman–Crippen MR) is 104 cm³/mol. The van der Waals surface area contributed by atoms with E-state index in [1.807, 2.05) is 6.07 Å². The lowest BCUT2D eigenvalue weighted by atomic mass is 9.95. The van der Waals surface area contributed by atoms with E-state index in [-0.39, 0.29) is 0 Å². The Morgan fingerprint density at radius 1 is 1.28 bits per heavy atom. The summed E-state index contributed by atoms with van der Waals surface area (Å²) < 4.78 is 5.35. The number of benzene rings is 1. The van der Waals surface area contributed by atoms with Gasteiger partial charge in [-0.15, -0.1) is 0 Å². The maximum absolute atomic E-state index is 6.08. The first kappa shape index (κ1) is 18.0. The van der Waals surface area contributed by atoms with Gasteiger partial charge in [0.1, 0.15) is 0 Å². The Labute approximate surface area is 155 Å². The summed E-state index contributed by atoms with van der Waals surface area (Å²) in [7, 11) is 1.66. The molecule has 3 rings (SSSR count). The highest BCUT2D eigenvalue weighted by molar-refractivity contribution is 6.30. The molecule has 0 bridgehead atoms. The van der Waals surface area contributed by atoms with Gasteiger partial charge in [-0.25, -0.2) is 4.98 Å². The van der Waals surface area contributed by atoms with E-state index in [4.69, 9.17) is 16.3 Å². The van der Waals surface area contributed by atoms with E-state index in [1.165, 1.54) is 24.0 Å². The number of halogens is 1. The molecule has 1 saturated heterocycles. The number of aromatic nitrogens is 1. The zero-order valence-electron chi connectivity index (χ0n) is 14.9. The second-order valence-corrected chi connectivity index (χ2v) is 7.09. The van der Waals surface area contributed by atoms with Crippen LogP contribution in [0.4, 0.5) is 0 Å². The second kappa shape index (κ2) is 8.50. The number of rotatable bonds is 5. The number of hydrogen-bond donors (Lipinski definition) is 0. The number of likely N-dealkylation sites (tertiary alicyclic amines) is 1. The summed E-state index contributed by atoms with van der Waals surface area (Å²) in [5, 5.41) is 0.659. The third-order valence-corrected chi connectivity index (χ3v) is 5.05. The molecule has 2 aromatic rings. The molecule has 0 amide bonds. The Hall–Kier alpha value is -1.84. The number of piperidine rings is 1. The summed E-state index contributed by atoms with van der Waals surface area (Å²) in [5.41, 5.74) is 3.71. The Morgan fingerprint density at radius 3 is 2.76 bits per heavy atom. The van der Waals surface area contributed by atoms with E-state index >= 15 is 0 Å². The lowest BCUT2D eigenvalue weighted by Crippen LogP contribution is -2.32. The van der Waals surface area contributed by atoms with Gasteiger partial charge in [0.05, 0.1) is 12.1 Å². The molecular weight excluding hydrogens is 332 g/mol. The van der Waals surface area contributed by atoms with Crippen LogP contribution in [0.25, 0.3) is 6.08 Å². The fourth-order valence-corrected chi connectivity index (χ4v) is 3.50. The van der Waals surface area contributed by atoms with Crippen LogP contribution in [0.5, 0.6) is 5.88 Å². The van der Waals surface area contributed by atoms with Crippen molar-refractivity contribution in [3.8, 4) is 5.88 Å². The van der Waals surface area contributed by atoms with Crippen LogP contribution < -0.4 is 4.74 Å². The molecule has 1 fully saturated rings.